The topological polar surface area (TPSA) is 0 Å². The van der Waals surface area contributed by atoms with Crippen molar-refractivity contribution in [1.82, 2.24) is 0 Å². The molecule has 0 spiro atoms. The first kappa shape index (κ1) is 28.0. The van der Waals surface area contributed by atoms with Gasteiger partial charge in [0.25, 0.3) is 0 Å². The second-order valence-corrected chi connectivity index (χ2v) is 9.66. The zero-order valence-electron chi connectivity index (χ0n) is 18.5. The van der Waals surface area contributed by atoms with Crippen molar-refractivity contribution in [3.8, 4) is 0 Å². The summed E-state index contributed by atoms with van der Waals surface area (Å²) in [6, 6.07) is 31.9. The summed E-state index contributed by atoms with van der Waals surface area (Å²) in [4.78, 5) is 2.64. The van der Waals surface area contributed by atoms with Crippen LogP contribution in [0.2, 0.25) is 5.02 Å². The van der Waals surface area contributed by atoms with Gasteiger partial charge >= 0.3 is 26.2 Å². The van der Waals surface area contributed by atoms with Gasteiger partial charge in [-0.2, -0.15) is 11.1 Å². The zero-order valence-corrected chi connectivity index (χ0v) is 24.1. The van der Waals surface area contributed by atoms with E-state index >= 15 is 0 Å². The Balaban J connectivity index is 0.000000180. The van der Waals surface area contributed by atoms with Gasteiger partial charge in [-0.25, -0.2) is 12.2 Å². The van der Waals surface area contributed by atoms with E-state index in [1.165, 1.54) is 43.2 Å². The third-order valence-corrected chi connectivity index (χ3v) is 7.42. The first-order valence-corrected chi connectivity index (χ1v) is 11.9. The van der Waals surface area contributed by atoms with Gasteiger partial charge < -0.3 is 24.8 Å². The summed E-state index contributed by atoms with van der Waals surface area (Å²) in [5.74, 6) is 0.521. The fourth-order valence-electron chi connectivity index (χ4n) is 4.59. The summed E-state index contributed by atoms with van der Waals surface area (Å²) in [5, 5.41) is 0.826. The second kappa shape index (κ2) is 12.1. The summed E-state index contributed by atoms with van der Waals surface area (Å²) in [6.07, 6.45) is 11.0. The largest absolute Gasteiger partial charge is 4.00 e. The Hall–Kier alpha value is -1.54. The number of rotatable bonds is 1. The molecule has 8 rings (SSSR count). The molecule has 2 atom stereocenters. The van der Waals surface area contributed by atoms with E-state index < -0.39 is 0 Å². The van der Waals surface area contributed by atoms with Crippen LogP contribution < -0.4 is 24.8 Å². The van der Waals surface area contributed by atoms with Crippen LogP contribution in [0.3, 0.4) is 0 Å². The Labute approximate surface area is 247 Å². The van der Waals surface area contributed by atoms with Crippen molar-refractivity contribution < 1.29 is 51.0 Å². The van der Waals surface area contributed by atoms with Gasteiger partial charge in [0.2, 0.25) is 0 Å². The Morgan fingerprint density at radius 3 is 2.14 bits per heavy atom. The zero-order chi connectivity index (χ0) is 21.5. The molecule has 4 aliphatic rings. The van der Waals surface area contributed by atoms with Crippen LogP contribution >= 0.6 is 23.4 Å². The van der Waals surface area contributed by atoms with Crippen LogP contribution in [0, 0.1) is 12.2 Å². The molecular weight excluding hydrogens is 590 g/mol. The van der Waals surface area contributed by atoms with Gasteiger partial charge in [-0.3, -0.25) is 12.2 Å². The van der Waals surface area contributed by atoms with Crippen molar-refractivity contribution in [2.45, 2.75) is 21.6 Å². The summed E-state index contributed by atoms with van der Waals surface area (Å²) in [6.45, 7) is 0. The molecule has 2 unspecified atom stereocenters. The summed E-state index contributed by atoms with van der Waals surface area (Å²) >= 11 is 8.09. The normalized spacial score (nSPS) is 16.8. The van der Waals surface area contributed by atoms with Crippen LogP contribution in [0.1, 0.15) is 45.2 Å². The fourth-order valence-corrected chi connectivity index (χ4v) is 5.81. The van der Waals surface area contributed by atoms with Crippen molar-refractivity contribution >= 4 is 35.5 Å². The molecule has 0 N–H and O–H groups in total. The van der Waals surface area contributed by atoms with Crippen molar-refractivity contribution in [2.75, 3.05) is 0 Å². The third-order valence-electron chi connectivity index (χ3n) is 6.12. The van der Waals surface area contributed by atoms with E-state index in [1.54, 1.807) is 0 Å². The van der Waals surface area contributed by atoms with Gasteiger partial charge in [0, 0.05) is 9.92 Å². The van der Waals surface area contributed by atoms with Gasteiger partial charge in [0.1, 0.15) is 0 Å². The maximum absolute atomic E-state index is 6.25. The van der Waals surface area contributed by atoms with Crippen LogP contribution in [-0.2, 0) is 26.2 Å². The molecule has 0 nitrogen and oxygen atoms in total. The molecule has 35 heavy (non-hydrogen) atoms. The molecule has 2 aliphatic carbocycles. The first-order chi connectivity index (χ1) is 15.8. The minimum atomic E-state index is 0. The number of hydrogen-bond acceptors (Lipinski definition) is 1. The molecular formula is C30H19Cl3SZr. The minimum absolute atomic E-state index is 0. The smallest absolute Gasteiger partial charge is 1.00 e. The van der Waals surface area contributed by atoms with E-state index in [0.29, 0.717) is 5.92 Å². The predicted molar refractivity (Wildman–Crippen MR) is 134 cm³/mol. The first-order valence-electron chi connectivity index (χ1n) is 10.7. The number of benzene rings is 4. The van der Waals surface area contributed by atoms with Crippen LogP contribution in [0.4, 0.5) is 0 Å². The molecule has 2 heterocycles. The van der Waals surface area contributed by atoms with E-state index in [1.807, 2.05) is 48.2 Å². The molecule has 0 saturated heterocycles. The van der Waals surface area contributed by atoms with E-state index in [2.05, 4.69) is 78.9 Å². The molecule has 2 aliphatic heterocycles. The maximum Gasteiger partial charge on any atom is 4.00 e. The van der Waals surface area contributed by atoms with Gasteiger partial charge in [-0.15, -0.1) is 23.3 Å². The number of hydrogen-bond donors (Lipinski definition) is 0. The fraction of sp³-hybridized carbons (Fsp3) is 0.0667. The molecule has 170 valence electrons. The Morgan fingerprint density at radius 2 is 1.31 bits per heavy atom. The van der Waals surface area contributed by atoms with Gasteiger partial charge in [-0.1, -0.05) is 107 Å². The van der Waals surface area contributed by atoms with Gasteiger partial charge in [0.15, 0.2) is 0 Å². The second-order valence-electron chi connectivity index (χ2n) is 8.11. The average Bonchev–Trinajstić information content (AvgIpc) is 3.46. The van der Waals surface area contributed by atoms with Crippen LogP contribution in [0.5, 0.6) is 0 Å². The van der Waals surface area contributed by atoms with E-state index in [-0.39, 0.29) is 56.9 Å². The van der Waals surface area contributed by atoms with Crippen LogP contribution in [-0.4, -0.2) is 0 Å². The van der Waals surface area contributed by atoms with Crippen molar-refractivity contribution in [2.24, 2.45) is 0 Å². The monoisotopic (exact) mass is 606 g/mol. The van der Waals surface area contributed by atoms with Gasteiger partial charge in [-0.05, 0) is 23.1 Å². The maximum atomic E-state index is 6.25. The van der Waals surface area contributed by atoms with Crippen molar-refractivity contribution in [1.29, 1.82) is 0 Å². The molecule has 0 fully saturated rings. The SMILES string of the molecule is Clc1cccc2c1C(c1ccccc1)[C-]=C2.[C-]1=Cc2cc3ccc2C1c1cccc(c1)S3.[Cl-].[Cl-].[Zr+4]. The summed E-state index contributed by atoms with van der Waals surface area (Å²) in [5.41, 5.74) is 7.68. The molecule has 5 heteroatoms. The Morgan fingerprint density at radius 1 is 0.629 bits per heavy atom. The third kappa shape index (κ3) is 5.58. The minimum Gasteiger partial charge on any atom is -1.00 e. The van der Waals surface area contributed by atoms with E-state index in [0.717, 1.165) is 5.02 Å². The molecule has 0 amide bonds. The Bertz CT molecular complexity index is 1380. The average molecular weight is 609 g/mol. The Kier molecular flexibility index (Phi) is 9.72. The summed E-state index contributed by atoms with van der Waals surface area (Å²) < 4.78 is 0. The van der Waals surface area contributed by atoms with E-state index in [4.69, 9.17) is 11.6 Å². The summed E-state index contributed by atoms with van der Waals surface area (Å²) in [7, 11) is 0. The number of halogens is 3. The number of fused-ring (bicyclic) bond motifs is 2. The quantitative estimate of drug-likeness (QED) is 0.299. The predicted octanol–water partition coefficient (Wildman–Crippen LogP) is 2.42. The molecule has 4 aromatic carbocycles. The van der Waals surface area contributed by atoms with Crippen LogP contribution in [0.25, 0.3) is 12.2 Å². The molecule has 0 radical (unpaired) electrons. The number of allylic oxidation sites excluding steroid dienone is 2. The molecule has 6 bridgehead atoms. The van der Waals surface area contributed by atoms with Gasteiger partial charge in [0.05, 0.1) is 0 Å². The molecule has 0 aromatic heterocycles. The van der Waals surface area contributed by atoms with E-state index in [9.17, 15) is 0 Å². The standard InChI is InChI=1S/C15H10Cl.C15H9S.2ClH.Zr/c16-14-8-4-7-12-9-10-13(15(12)14)11-5-2-1-3-6-11;1-2-10-8-12(3-1)16-13-5-7-15-11(9-13)4-6-14(10)15;;;/h1-9,13H;1-5,7-9,14H;2*1H;/q2*-1;;;+4/p-2. The van der Waals surface area contributed by atoms with Crippen LogP contribution in [0.15, 0.2) is 101 Å². The van der Waals surface area contributed by atoms with Crippen molar-refractivity contribution in [3.63, 3.8) is 0 Å². The molecule has 0 saturated carbocycles. The molecule has 4 aromatic rings. The van der Waals surface area contributed by atoms with Crippen molar-refractivity contribution in [3.05, 3.63) is 142 Å².